The van der Waals surface area contributed by atoms with Gasteiger partial charge in [0.25, 0.3) is 15.0 Å². The van der Waals surface area contributed by atoms with Gasteiger partial charge < -0.3 is 4.90 Å². The predicted molar refractivity (Wildman–Crippen MR) is 78.5 cm³/mol. The van der Waals surface area contributed by atoms with Gasteiger partial charge in [-0.2, -0.15) is 0 Å². The van der Waals surface area contributed by atoms with Crippen molar-refractivity contribution in [3.05, 3.63) is 41.0 Å². The van der Waals surface area contributed by atoms with Gasteiger partial charge in [0.15, 0.2) is 0 Å². The zero-order valence-electron chi connectivity index (χ0n) is 11.4. The zero-order chi connectivity index (χ0) is 14.9. The summed E-state index contributed by atoms with van der Waals surface area (Å²) in [4.78, 5) is 14.1. The van der Waals surface area contributed by atoms with Gasteiger partial charge in [0.2, 0.25) is 0 Å². The van der Waals surface area contributed by atoms with Crippen molar-refractivity contribution >= 4 is 25.6 Å². The first kappa shape index (κ1) is 15.1. The summed E-state index contributed by atoms with van der Waals surface area (Å²) in [6.07, 6.45) is 2.86. The molecular weight excluding hydrogens is 298 g/mol. The van der Waals surface area contributed by atoms with Gasteiger partial charge in [0.05, 0.1) is 4.90 Å². The summed E-state index contributed by atoms with van der Waals surface area (Å²) in [7, 11) is 1.52. The highest BCUT2D eigenvalue weighted by Gasteiger charge is 2.20. The van der Waals surface area contributed by atoms with Crippen LogP contribution >= 0.6 is 10.7 Å². The van der Waals surface area contributed by atoms with Crippen LogP contribution in [0.4, 0.5) is 0 Å². The Bertz CT molecular complexity index is 680. The molecule has 108 valence electrons. The highest BCUT2D eigenvalue weighted by atomic mass is 35.7. The maximum atomic E-state index is 12.4. The van der Waals surface area contributed by atoms with E-state index in [2.05, 4.69) is 0 Å². The summed E-state index contributed by atoms with van der Waals surface area (Å²) in [5, 5.41) is 0. The second kappa shape index (κ2) is 5.58. The van der Waals surface area contributed by atoms with Gasteiger partial charge in [-0.15, -0.1) is 0 Å². The van der Waals surface area contributed by atoms with Crippen molar-refractivity contribution in [2.24, 2.45) is 0 Å². The summed E-state index contributed by atoms with van der Waals surface area (Å²) < 4.78 is 22.8. The zero-order valence-corrected chi connectivity index (χ0v) is 13.0. The van der Waals surface area contributed by atoms with E-state index in [1.807, 2.05) is 13.0 Å². The van der Waals surface area contributed by atoms with Crippen molar-refractivity contribution in [2.45, 2.75) is 25.2 Å². The van der Waals surface area contributed by atoms with Crippen LogP contribution in [0.2, 0.25) is 0 Å². The lowest BCUT2D eigenvalue weighted by Crippen LogP contribution is -2.34. The van der Waals surface area contributed by atoms with Gasteiger partial charge in [-0.05, 0) is 44.0 Å². The normalized spacial score (nSPS) is 15.9. The molecule has 4 nitrogen and oxygen atoms in total. The molecule has 20 heavy (non-hydrogen) atoms. The van der Waals surface area contributed by atoms with Crippen LogP contribution in [0.3, 0.4) is 0 Å². The van der Waals surface area contributed by atoms with Gasteiger partial charge in [-0.3, -0.25) is 4.79 Å². The molecule has 0 fully saturated rings. The first-order valence-electron chi connectivity index (χ1n) is 6.28. The monoisotopic (exact) mass is 313 g/mol. The number of benzene rings is 1. The first-order chi connectivity index (χ1) is 9.27. The lowest BCUT2D eigenvalue weighted by molar-refractivity contribution is 0.0768. The molecule has 1 aliphatic rings. The molecule has 0 saturated carbocycles. The van der Waals surface area contributed by atoms with E-state index >= 15 is 0 Å². The molecule has 1 aliphatic heterocycles. The van der Waals surface area contributed by atoms with E-state index in [1.165, 1.54) is 17.7 Å². The van der Waals surface area contributed by atoms with Crippen LogP contribution in [0, 0.1) is 6.92 Å². The average Bonchev–Trinajstić information content (AvgIpc) is 2.37. The van der Waals surface area contributed by atoms with Gasteiger partial charge in [-0.25, -0.2) is 8.42 Å². The summed E-state index contributed by atoms with van der Waals surface area (Å²) in [6.45, 7) is 4.98. The Kier molecular flexibility index (Phi) is 4.20. The minimum Gasteiger partial charge on any atom is -0.335 e. The van der Waals surface area contributed by atoms with Crippen molar-refractivity contribution < 1.29 is 13.2 Å². The van der Waals surface area contributed by atoms with Crippen LogP contribution in [-0.4, -0.2) is 32.3 Å². The fraction of sp³-hybridized carbons (Fsp3) is 0.357. The summed E-state index contributed by atoms with van der Waals surface area (Å²) >= 11 is 0. The molecular formula is C14H16ClNO3S. The molecule has 1 aromatic carbocycles. The average molecular weight is 314 g/mol. The number of halogens is 1. The molecule has 1 aromatic rings. The standard InChI is InChI=1S/C14H16ClNO3S/c1-10-3-5-16(6-4-10)14(17)12-7-11(2)8-13(9-12)20(15,18)19/h3,7-9H,4-6H2,1-2H3. The number of nitrogens with zero attached hydrogens (tertiary/aromatic N) is 1. The second-order valence-corrected chi connectivity index (χ2v) is 7.59. The summed E-state index contributed by atoms with van der Waals surface area (Å²) in [6, 6.07) is 4.47. The number of aryl methyl sites for hydroxylation is 1. The Hall–Kier alpha value is -1.33. The second-order valence-electron chi connectivity index (χ2n) is 5.02. The predicted octanol–water partition coefficient (Wildman–Crippen LogP) is 2.71. The molecule has 2 rings (SSSR count). The molecule has 0 saturated heterocycles. The molecule has 0 aromatic heterocycles. The van der Waals surface area contributed by atoms with E-state index in [9.17, 15) is 13.2 Å². The Labute approximate surface area is 123 Å². The van der Waals surface area contributed by atoms with Crippen LogP contribution in [0.5, 0.6) is 0 Å². The van der Waals surface area contributed by atoms with Crippen LogP contribution < -0.4 is 0 Å². The summed E-state index contributed by atoms with van der Waals surface area (Å²) in [5.41, 5.74) is 2.32. The lowest BCUT2D eigenvalue weighted by atomic mass is 10.1. The van der Waals surface area contributed by atoms with E-state index in [1.54, 1.807) is 17.9 Å². The minimum atomic E-state index is -3.83. The van der Waals surface area contributed by atoms with Gasteiger partial charge in [0, 0.05) is 29.3 Å². The fourth-order valence-electron chi connectivity index (χ4n) is 2.15. The topological polar surface area (TPSA) is 54.5 Å². The number of hydrogen-bond donors (Lipinski definition) is 0. The number of carbonyl (C=O) groups is 1. The van der Waals surface area contributed by atoms with Gasteiger partial charge in [-0.1, -0.05) is 11.6 Å². The molecule has 0 aliphatic carbocycles. The van der Waals surface area contributed by atoms with E-state index < -0.39 is 9.05 Å². The van der Waals surface area contributed by atoms with E-state index in [0.717, 1.165) is 6.42 Å². The van der Waals surface area contributed by atoms with Crippen molar-refractivity contribution in [3.63, 3.8) is 0 Å². The smallest absolute Gasteiger partial charge is 0.261 e. The molecule has 1 heterocycles. The molecule has 0 N–H and O–H groups in total. The van der Waals surface area contributed by atoms with Gasteiger partial charge >= 0.3 is 0 Å². The number of carbonyl (C=O) groups excluding carboxylic acids is 1. The maximum Gasteiger partial charge on any atom is 0.261 e. The Balaban J connectivity index is 2.33. The lowest BCUT2D eigenvalue weighted by Gasteiger charge is -2.25. The van der Waals surface area contributed by atoms with Gasteiger partial charge in [0.1, 0.15) is 0 Å². The Morgan fingerprint density at radius 3 is 2.50 bits per heavy atom. The van der Waals surface area contributed by atoms with E-state index in [0.29, 0.717) is 24.2 Å². The van der Waals surface area contributed by atoms with Crippen LogP contribution in [0.25, 0.3) is 0 Å². The molecule has 0 bridgehead atoms. The van der Waals surface area contributed by atoms with E-state index in [4.69, 9.17) is 10.7 Å². The van der Waals surface area contributed by atoms with Crippen molar-refractivity contribution in [3.8, 4) is 0 Å². The third-order valence-electron chi connectivity index (χ3n) is 3.30. The van der Waals surface area contributed by atoms with Crippen LogP contribution in [0.1, 0.15) is 29.3 Å². The largest absolute Gasteiger partial charge is 0.335 e. The Morgan fingerprint density at radius 1 is 1.25 bits per heavy atom. The molecule has 0 spiro atoms. The van der Waals surface area contributed by atoms with Crippen molar-refractivity contribution in [2.75, 3.05) is 13.1 Å². The number of amides is 1. The third kappa shape index (κ3) is 3.41. The fourth-order valence-corrected chi connectivity index (χ4v) is 3.01. The number of rotatable bonds is 2. The third-order valence-corrected chi connectivity index (χ3v) is 4.64. The maximum absolute atomic E-state index is 12.4. The first-order valence-corrected chi connectivity index (χ1v) is 8.59. The molecule has 0 unspecified atom stereocenters. The van der Waals surface area contributed by atoms with Crippen LogP contribution in [0.15, 0.2) is 34.7 Å². The molecule has 0 atom stereocenters. The Morgan fingerprint density at radius 2 is 1.95 bits per heavy atom. The highest BCUT2D eigenvalue weighted by molar-refractivity contribution is 8.13. The highest BCUT2D eigenvalue weighted by Crippen LogP contribution is 2.21. The molecule has 6 heteroatoms. The molecule has 1 amide bonds. The van der Waals surface area contributed by atoms with Crippen molar-refractivity contribution in [1.82, 2.24) is 4.90 Å². The minimum absolute atomic E-state index is 0.0359. The quantitative estimate of drug-likeness (QED) is 0.623. The van der Waals surface area contributed by atoms with Crippen LogP contribution in [-0.2, 0) is 9.05 Å². The van der Waals surface area contributed by atoms with Crippen molar-refractivity contribution in [1.29, 1.82) is 0 Å². The summed E-state index contributed by atoms with van der Waals surface area (Å²) in [5.74, 6) is -0.168. The number of hydrogen-bond acceptors (Lipinski definition) is 3. The molecule has 0 radical (unpaired) electrons. The SMILES string of the molecule is CC1=CCN(C(=O)c2cc(C)cc(S(=O)(=O)Cl)c2)CC1. The van der Waals surface area contributed by atoms with E-state index in [-0.39, 0.29) is 10.8 Å².